The third kappa shape index (κ3) is 4.46. The van der Waals surface area contributed by atoms with Crippen molar-refractivity contribution in [2.24, 2.45) is 0 Å². The Balaban J connectivity index is 1.62. The molecule has 0 atom stereocenters. The number of benzene rings is 2. The molecule has 4 rings (SSSR count). The number of hydrogen-bond donors (Lipinski definition) is 0. The second kappa shape index (κ2) is 8.55. The van der Waals surface area contributed by atoms with Crippen molar-refractivity contribution in [1.29, 1.82) is 0 Å². The first-order valence-electron chi connectivity index (χ1n) is 9.65. The molecule has 0 N–H and O–H groups in total. The average Bonchev–Trinajstić information content (AvgIpc) is 3.31. The molecule has 150 valence electrons. The Labute approximate surface area is 178 Å². The van der Waals surface area contributed by atoms with Crippen LogP contribution in [-0.4, -0.2) is 39.9 Å². The smallest absolute Gasteiger partial charge is 0.281 e. The highest BCUT2D eigenvalue weighted by Crippen LogP contribution is 2.33. The molecule has 1 saturated heterocycles. The number of amides is 2. The van der Waals surface area contributed by atoms with E-state index in [2.05, 4.69) is 26.0 Å². The van der Waals surface area contributed by atoms with Crippen LogP contribution in [-0.2, 0) is 11.3 Å². The van der Waals surface area contributed by atoms with E-state index in [0.29, 0.717) is 24.6 Å². The van der Waals surface area contributed by atoms with Crippen molar-refractivity contribution in [3.05, 3.63) is 59.2 Å². The lowest BCUT2D eigenvalue weighted by molar-refractivity contribution is -0.118. The van der Waals surface area contributed by atoms with E-state index in [1.807, 2.05) is 30.3 Å². The maximum Gasteiger partial charge on any atom is 0.281 e. The maximum atomic E-state index is 13.2. The molecule has 1 aromatic heterocycles. The van der Waals surface area contributed by atoms with Gasteiger partial charge in [0.25, 0.3) is 5.24 Å². The molecule has 29 heavy (non-hydrogen) atoms. The first-order chi connectivity index (χ1) is 14.0. The standard InChI is InChI=1S/C22H23N3O2S2/c1-15-12-16(2)20-18(13-15)23-21(29-20)25(14-17-6-4-3-5-7-17)19(26)8-9-24-10-11-28-22(24)27/h3-7,12-13H,8-11,14H2,1-2H3. The van der Waals surface area contributed by atoms with Gasteiger partial charge in [0.2, 0.25) is 5.91 Å². The molecular formula is C22H23N3O2S2. The zero-order chi connectivity index (χ0) is 20.4. The minimum atomic E-state index is -0.00742. The van der Waals surface area contributed by atoms with Gasteiger partial charge in [0.05, 0.1) is 16.8 Å². The Morgan fingerprint density at radius 1 is 1.21 bits per heavy atom. The summed E-state index contributed by atoms with van der Waals surface area (Å²) < 4.78 is 1.11. The van der Waals surface area contributed by atoms with E-state index in [1.54, 1.807) is 21.1 Å². The Hall–Kier alpha value is -2.38. The fourth-order valence-electron chi connectivity index (χ4n) is 3.50. The van der Waals surface area contributed by atoms with Gasteiger partial charge in [-0.3, -0.25) is 14.5 Å². The normalized spacial score (nSPS) is 14.0. The van der Waals surface area contributed by atoms with Gasteiger partial charge in [-0.2, -0.15) is 0 Å². The number of fused-ring (bicyclic) bond motifs is 1. The van der Waals surface area contributed by atoms with Gasteiger partial charge in [0.1, 0.15) is 0 Å². The van der Waals surface area contributed by atoms with Crippen molar-refractivity contribution in [3.63, 3.8) is 0 Å². The van der Waals surface area contributed by atoms with Crippen molar-refractivity contribution in [1.82, 2.24) is 9.88 Å². The van der Waals surface area contributed by atoms with Crippen molar-refractivity contribution in [2.75, 3.05) is 23.7 Å². The van der Waals surface area contributed by atoms with Gasteiger partial charge in [0, 0.05) is 25.3 Å². The molecule has 7 heteroatoms. The van der Waals surface area contributed by atoms with Crippen molar-refractivity contribution < 1.29 is 9.59 Å². The molecule has 2 heterocycles. The lowest BCUT2D eigenvalue weighted by Gasteiger charge is -2.22. The summed E-state index contributed by atoms with van der Waals surface area (Å²) in [7, 11) is 0. The molecule has 0 spiro atoms. The number of nitrogens with zero attached hydrogens (tertiary/aromatic N) is 3. The molecule has 0 saturated carbocycles. The quantitative estimate of drug-likeness (QED) is 0.557. The maximum absolute atomic E-state index is 13.2. The van der Waals surface area contributed by atoms with E-state index >= 15 is 0 Å². The Morgan fingerprint density at radius 2 is 2.00 bits per heavy atom. The zero-order valence-electron chi connectivity index (χ0n) is 16.6. The number of thioether (sulfide) groups is 1. The molecule has 1 aliphatic rings. The highest BCUT2D eigenvalue weighted by atomic mass is 32.2. The summed E-state index contributed by atoms with van der Waals surface area (Å²) in [6.07, 6.45) is 0.299. The topological polar surface area (TPSA) is 53.5 Å². The number of thiazole rings is 1. The lowest BCUT2D eigenvalue weighted by Crippen LogP contribution is -2.34. The number of carbonyl (C=O) groups is 2. The predicted octanol–water partition coefficient (Wildman–Crippen LogP) is 5.01. The molecule has 2 aromatic carbocycles. The largest absolute Gasteiger partial charge is 0.332 e. The van der Waals surface area contributed by atoms with Crippen molar-refractivity contribution in [2.45, 2.75) is 26.8 Å². The van der Waals surface area contributed by atoms with Crippen LogP contribution in [0.4, 0.5) is 9.93 Å². The summed E-state index contributed by atoms with van der Waals surface area (Å²) >= 11 is 2.88. The van der Waals surface area contributed by atoms with Crippen LogP contribution in [0.5, 0.6) is 0 Å². The molecule has 1 fully saturated rings. The minimum absolute atomic E-state index is 0.00742. The first-order valence-corrected chi connectivity index (χ1v) is 11.5. The number of aromatic nitrogens is 1. The molecular weight excluding hydrogens is 402 g/mol. The number of rotatable bonds is 6. The first kappa shape index (κ1) is 19.9. The Kier molecular flexibility index (Phi) is 5.87. The summed E-state index contributed by atoms with van der Waals surface area (Å²) in [5.41, 5.74) is 4.33. The number of hydrogen-bond acceptors (Lipinski definition) is 5. The van der Waals surface area contributed by atoms with Gasteiger partial charge in [-0.15, -0.1) is 0 Å². The van der Waals surface area contributed by atoms with Crippen LogP contribution in [0.15, 0.2) is 42.5 Å². The molecule has 1 aliphatic heterocycles. The molecule has 0 bridgehead atoms. The summed E-state index contributed by atoms with van der Waals surface area (Å²) in [5, 5.41) is 0.781. The lowest BCUT2D eigenvalue weighted by atomic mass is 10.1. The summed E-state index contributed by atoms with van der Waals surface area (Å²) in [6, 6.07) is 14.2. The van der Waals surface area contributed by atoms with E-state index < -0.39 is 0 Å². The molecule has 2 amide bonds. The van der Waals surface area contributed by atoms with E-state index in [4.69, 9.17) is 4.98 Å². The number of aryl methyl sites for hydroxylation is 2. The number of carbonyl (C=O) groups excluding carboxylic acids is 2. The fraction of sp³-hybridized carbons (Fsp3) is 0.318. The van der Waals surface area contributed by atoms with E-state index in [9.17, 15) is 9.59 Å². The zero-order valence-corrected chi connectivity index (χ0v) is 18.2. The monoisotopic (exact) mass is 425 g/mol. The van der Waals surface area contributed by atoms with Gasteiger partial charge < -0.3 is 4.90 Å². The molecule has 0 aliphatic carbocycles. The molecule has 0 unspecified atom stereocenters. The van der Waals surface area contributed by atoms with Gasteiger partial charge in [-0.1, -0.05) is 59.5 Å². The van der Waals surface area contributed by atoms with Crippen molar-refractivity contribution in [3.8, 4) is 0 Å². The van der Waals surface area contributed by atoms with Crippen LogP contribution < -0.4 is 4.90 Å². The van der Waals surface area contributed by atoms with Gasteiger partial charge in [0.15, 0.2) is 5.13 Å². The highest BCUT2D eigenvalue weighted by molar-refractivity contribution is 8.13. The summed E-state index contributed by atoms with van der Waals surface area (Å²) in [5.74, 6) is 0.795. The molecule has 3 aromatic rings. The van der Waals surface area contributed by atoms with Gasteiger partial charge in [-0.05, 0) is 36.6 Å². The van der Waals surface area contributed by atoms with Gasteiger partial charge >= 0.3 is 0 Å². The third-order valence-electron chi connectivity index (χ3n) is 4.96. The minimum Gasteiger partial charge on any atom is -0.332 e. The second-order valence-electron chi connectivity index (χ2n) is 7.24. The Bertz CT molecular complexity index is 1050. The third-order valence-corrected chi connectivity index (χ3v) is 7.09. The van der Waals surface area contributed by atoms with Crippen LogP contribution >= 0.6 is 23.1 Å². The highest BCUT2D eigenvalue weighted by Gasteiger charge is 2.25. The van der Waals surface area contributed by atoms with Crippen LogP contribution in [0.1, 0.15) is 23.1 Å². The van der Waals surface area contributed by atoms with Crippen molar-refractivity contribution >= 4 is 49.6 Å². The van der Waals surface area contributed by atoms with Crippen LogP contribution in [0.2, 0.25) is 0 Å². The van der Waals surface area contributed by atoms with E-state index in [-0.39, 0.29) is 11.1 Å². The summed E-state index contributed by atoms with van der Waals surface area (Å²) in [6.45, 7) is 5.79. The Morgan fingerprint density at radius 3 is 2.72 bits per heavy atom. The van der Waals surface area contributed by atoms with E-state index in [1.165, 1.54) is 17.3 Å². The molecule has 5 nitrogen and oxygen atoms in total. The van der Waals surface area contributed by atoms with Gasteiger partial charge in [-0.25, -0.2) is 4.98 Å². The SMILES string of the molecule is Cc1cc(C)c2sc(N(Cc3ccccc3)C(=O)CCN3CCSC3=O)nc2c1. The predicted molar refractivity (Wildman–Crippen MR) is 121 cm³/mol. The van der Waals surface area contributed by atoms with E-state index in [0.717, 1.165) is 33.6 Å². The molecule has 0 radical (unpaired) electrons. The number of anilines is 1. The average molecular weight is 426 g/mol. The fourth-order valence-corrected chi connectivity index (χ4v) is 5.39. The van der Waals surface area contributed by atoms with Crippen LogP contribution in [0, 0.1) is 13.8 Å². The summed E-state index contributed by atoms with van der Waals surface area (Å²) in [4.78, 5) is 33.4. The second-order valence-corrected chi connectivity index (χ2v) is 9.27. The van der Waals surface area contributed by atoms with Crippen LogP contribution in [0.25, 0.3) is 10.2 Å². The van der Waals surface area contributed by atoms with Crippen LogP contribution in [0.3, 0.4) is 0 Å².